The normalized spacial score (nSPS) is 12.4. The zero-order chi connectivity index (χ0) is 15.7. The van der Waals surface area contributed by atoms with E-state index in [4.69, 9.17) is 10.00 Å². The summed E-state index contributed by atoms with van der Waals surface area (Å²) >= 11 is 0. The Hall–Kier alpha value is -1.57. The van der Waals surface area contributed by atoms with Crippen molar-refractivity contribution < 1.29 is 4.74 Å². The number of hydrogen-bond acceptors (Lipinski definition) is 4. The molecule has 0 spiro atoms. The minimum absolute atomic E-state index is 0.0941. The first-order chi connectivity index (χ1) is 10.0. The molecule has 1 atom stereocenters. The first kappa shape index (κ1) is 17.5. The summed E-state index contributed by atoms with van der Waals surface area (Å²) in [5.41, 5.74) is 1.23. The van der Waals surface area contributed by atoms with Crippen molar-refractivity contribution in [1.29, 1.82) is 5.26 Å². The van der Waals surface area contributed by atoms with Crippen LogP contribution in [0.2, 0.25) is 0 Å². The topological polar surface area (TPSA) is 48.3 Å². The maximum Gasteiger partial charge on any atom is 0.174 e. The summed E-state index contributed by atoms with van der Waals surface area (Å²) in [6.07, 6.45) is 1.17. The van der Waals surface area contributed by atoms with Crippen molar-refractivity contribution in [3.05, 3.63) is 29.8 Å². The standard InChI is InChI=1S/C17H27N3O/c1-14(2)11-16(13-20(3)4)19-12-15-5-7-17(8-6-15)21-10-9-18/h5-8,14,16,19H,10-13H2,1-4H3. The van der Waals surface area contributed by atoms with Crippen LogP contribution >= 0.6 is 0 Å². The van der Waals surface area contributed by atoms with E-state index in [2.05, 4.69) is 38.2 Å². The van der Waals surface area contributed by atoms with E-state index in [1.54, 1.807) is 0 Å². The highest BCUT2D eigenvalue weighted by Gasteiger charge is 2.11. The van der Waals surface area contributed by atoms with Crippen LogP contribution in [0.15, 0.2) is 24.3 Å². The second-order valence-electron chi connectivity index (χ2n) is 6.06. The van der Waals surface area contributed by atoms with Crippen LogP contribution < -0.4 is 10.1 Å². The Kier molecular flexibility index (Phi) is 7.81. The van der Waals surface area contributed by atoms with Gasteiger partial charge in [0.05, 0.1) is 0 Å². The number of rotatable bonds is 9. The van der Waals surface area contributed by atoms with E-state index in [9.17, 15) is 0 Å². The Labute approximate surface area is 128 Å². The van der Waals surface area contributed by atoms with Crippen molar-refractivity contribution in [2.45, 2.75) is 32.9 Å². The molecule has 4 nitrogen and oxygen atoms in total. The van der Waals surface area contributed by atoms with E-state index in [-0.39, 0.29) is 6.61 Å². The highest BCUT2D eigenvalue weighted by Crippen LogP contribution is 2.13. The van der Waals surface area contributed by atoms with E-state index < -0.39 is 0 Å². The van der Waals surface area contributed by atoms with Crippen molar-refractivity contribution in [3.63, 3.8) is 0 Å². The third-order valence-corrected chi connectivity index (χ3v) is 3.16. The molecule has 1 N–H and O–H groups in total. The number of nitrogens with one attached hydrogen (secondary N) is 1. The fraction of sp³-hybridized carbons (Fsp3) is 0.588. The van der Waals surface area contributed by atoms with Crippen molar-refractivity contribution in [1.82, 2.24) is 10.2 Å². The van der Waals surface area contributed by atoms with E-state index in [0.29, 0.717) is 12.0 Å². The van der Waals surface area contributed by atoms with Crippen molar-refractivity contribution in [2.75, 3.05) is 27.2 Å². The van der Waals surface area contributed by atoms with Crippen LogP contribution in [0.25, 0.3) is 0 Å². The van der Waals surface area contributed by atoms with Gasteiger partial charge in [-0.3, -0.25) is 0 Å². The quantitative estimate of drug-likeness (QED) is 0.759. The van der Waals surface area contributed by atoms with Crippen LogP contribution in [0.3, 0.4) is 0 Å². The molecule has 0 saturated carbocycles. The monoisotopic (exact) mass is 289 g/mol. The van der Waals surface area contributed by atoms with Crippen molar-refractivity contribution >= 4 is 0 Å². The number of nitriles is 1. The molecule has 0 bridgehead atoms. The van der Waals surface area contributed by atoms with Gasteiger partial charge in [-0.05, 0) is 44.1 Å². The zero-order valence-corrected chi connectivity index (χ0v) is 13.6. The molecule has 116 valence electrons. The van der Waals surface area contributed by atoms with Crippen molar-refractivity contribution in [3.8, 4) is 11.8 Å². The summed E-state index contributed by atoms with van der Waals surface area (Å²) in [5, 5.41) is 12.1. The first-order valence-corrected chi connectivity index (χ1v) is 7.48. The summed E-state index contributed by atoms with van der Waals surface area (Å²) in [6, 6.07) is 10.4. The van der Waals surface area contributed by atoms with Gasteiger partial charge in [-0.1, -0.05) is 26.0 Å². The summed E-state index contributed by atoms with van der Waals surface area (Å²) in [6.45, 7) is 6.50. The van der Waals surface area contributed by atoms with Crippen LogP contribution in [0, 0.1) is 17.2 Å². The molecule has 4 heteroatoms. The Balaban J connectivity index is 2.49. The zero-order valence-electron chi connectivity index (χ0n) is 13.6. The fourth-order valence-electron chi connectivity index (χ4n) is 2.31. The lowest BCUT2D eigenvalue weighted by molar-refractivity contribution is 0.305. The highest BCUT2D eigenvalue weighted by atomic mass is 16.5. The molecule has 0 aliphatic heterocycles. The summed E-state index contributed by atoms with van der Waals surface area (Å²) < 4.78 is 5.25. The van der Waals surface area contributed by atoms with Gasteiger partial charge >= 0.3 is 0 Å². The van der Waals surface area contributed by atoms with Crippen LogP contribution in [0.4, 0.5) is 0 Å². The second kappa shape index (κ2) is 9.38. The SMILES string of the molecule is CC(C)CC(CN(C)C)NCc1ccc(OCC#N)cc1. The van der Waals surface area contributed by atoms with Crippen LogP contribution in [-0.4, -0.2) is 38.2 Å². The van der Waals surface area contributed by atoms with E-state index in [1.165, 1.54) is 12.0 Å². The number of likely N-dealkylation sites (N-methyl/N-ethyl adjacent to an activating group) is 1. The van der Waals surface area contributed by atoms with Gasteiger partial charge in [0.1, 0.15) is 11.8 Å². The third kappa shape index (κ3) is 7.69. The molecule has 0 aromatic heterocycles. The van der Waals surface area contributed by atoms with Gasteiger partial charge < -0.3 is 15.0 Å². The first-order valence-electron chi connectivity index (χ1n) is 7.48. The molecule has 0 aliphatic rings. The molecule has 1 aromatic rings. The maximum atomic E-state index is 8.48. The van der Waals surface area contributed by atoms with Gasteiger partial charge in [-0.2, -0.15) is 5.26 Å². The molecular formula is C17H27N3O. The summed E-state index contributed by atoms with van der Waals surface area (Å²) in [4.78, 5) is 2.22. The lowest BCUT2D eigenvalue weighted by Gasteiger charge is -2.24. The average molecular weight is 289 g/mol. The molecule has 1 rings (SSSR count). The van der Waals surface area contributed by atoms with Crippen LogP contribution in [0.1, 0.15) is 25.8 Å². The third-order valence-electron chi connectivity index (χ3n) is 3.16. The predicted octanol–water partition coefficient (Wildman–Crippen LogP) is 2.65. The Morgan fingerprint density at radius 2 is 1.90 bits per heavy atom. The molecule has 0 heterocycles. The van der Waals surface area contributed by atoms with E-state index in [1.807, 2.05) is 30.3 Å². The molecule has 0 fully saturated rings. The Morgan fingerprint density at radius 3 is 2.43 bits per heavy atom. The van der Waals surface area contributed by atoms with E-state index >= 15 is 0 Å². The van der Waals surface area contributed by atoms with Gasteiger partial charge in [-0.25, -0.2) is 0 Å². The van der Waals surface area contributed by atoms with Gasteiger partial charge in [0.2, 0.25) is 0 Å². The van der Waals surface area contributed by atoms with Gasteiger partial charge in [0, 0.05) is 19.1 Å². The highest BCUT2D eigenvalue weighted by molar-refractivity contribution is 5.27. The Bertz CT molecular complexity index is 424. The van der Waals surface area contributed by atoms with E-state index in [0.717, 1.165) is 18.8 Å². The Morgan fingerprint density at radius 1 is 1.24 bits per heavy atom. The fourth-order valence-corrected chi connectivity index (χ4v) is 2.31. The summed E-state index contributed by atoms with van der Waals surface area (Å²) in [5.74, 6) is 1.43. The largest absolute Gasteiger partial charge is 0.479 e. The van der Waals surface area contributed by atoms with Crippen LogP contribution in [0.5, 0.6) is 5.75 Å². The number of nitrogens with zero attached hydrogens (tertiary/aromatic N) is 2. The average Bonchev–Trinajstić information content (AvgIpc) is 2.42. The second-order valence-corrected chi connectivity index (χ2v) is 6.06. The van der Waals surface area contributed by atoms with Gasteiger partial charge in [0.25, 0.3) is 0 Å². The minimum atomic E-state index is 0.0941. The molecule has 0 amide bonds. The molecule has 1 aromatic carbocycles. The molecule has 1 unspecified atom stereocenters. The molecule has 0 radical (unpaired) electrons. The summed E-state index contributed by atoms with van der Waals surface area (Å²) in [7, 11) is 4.21. The molecule has 21 heavy (non-hydrogen) atoms. The molecule has 0 aliphatic carbocycles. The van der Waals surface area contributed by atoms with Crippen molar-refractivity contribution in [2.24, 2.45) is 5.92 Å². The lowest BCUT2D eigenvalue weighted by Crippen LogP contribution is -2.38. The maximum absolute atomic E-state index is 8.48. The molecular weight excluding hydrogens is 262 g/mol. The number of benzene rings is 1. The lowest BCUT2D eigenvalue weighted by atomic mass is 10.0. The van der Waals surface area contributed by atoms with Crippen LogP contribution in [-0.2, 0) is 6.54 Å². The smallest absolute Gasteiger partial charge is 0.174 e. The van der Waals surface area contributed by atoms with Gasteiger partial charge in [-0.15, -0.1) is 0 Å². The number of hydrogen-bond donors (Lipinski definition) is 1. The van der Waals surface area contributed by atoms with Gasteiger partial charge in [0.15, 0.2) is 6.61 Å². The number of ether oxygens (including phenoxy) is 1. The molecule has 0 saturated heterocycles. The minimum Gasteiger partial charge on any atom is -0.479 e. The predicted molar refractivity (Wildman–Crippen MR) is 86.2 cm³/mol.